The SMILES string of the molecule is [Cl][Al]([Cl])[Cl].[Co].[Mn].[Ni]. The summed E-state index contributed by atoms with van der Waals surface area (Å²) >= 11 is -1.72. The van der Waals surface area contributed by atoms with Crippen LogP contribution in [0.15, 0.2) is 0 Å². The zero-order chi connectivity index (χ0) is 3.58. The topological polar surface area (TPSA) is 0 Å². The Balaban J connectivity index is -0.0000000150. The van der Waals surface area contributed by atoms with Gasteiger partial charge in [-0.3, -0.25) is 0 Å². The summed E-state index contributed by atoms with van der Waals surface area (Å²) in [6.45, 7) is 0. The Morgan fingerprint density at radius 1 is 1.00 bits per heavy atom. The fourth-order valence-corrected chi connectivity index (χ4v) is 0. The number of hydrogen-bond acceptors (Lipinski definition) is 0. The van der Waals surface area contributed by atoms with Crippen LogP contribution in [0.25, 0.3) is 0 Å². The van der Waals surface area contributed by atoms with Crippen molar-refractivity contribution in [2.24, 2.45) is 0 Å². The summed E-state index contributed by atoms with van der Waals surface area (Å²) in [5.74, 6) is 0. The van der Waals surface area contributed by atoms with E-state index in [2.05, 4.69) is 0 Å². The summed E-state index contributed by atoms with van der Waals surface area (Å²) < 4.78 is 0. The van der Waals surface area contributed by atoms with Crippen molar-refractivity contribution < 1.29 is 50.3 Å². The van der Waals surface area contributed by atoms with Crippen LogP contribution < -0.4 is 0 Å². The number of halogens is 3. The number of rotatable bonds is 0. The Hall–Kier alpha value is 2.92. The molecular weight excluding hydrogens is 306 g/mol. The second-order valence-corrected chi connectivity index (χ2v) is 6.68. The van der Waals surface area contributed by atoms with Crippen molar-refractivity contribution in [3.63, 3.8) is 0 Å². The van der Waals surface area contributed by atoms with Gasteiger partial charge in [-0.15, -0.1) is 0 Å². The maximum atomic E-state index is 4.94. The summed E-state index contributed by atoms with van der Waals surface area (Å²) in [6, 6.07) is 0. The van der Waals surface area contributed by atoms with E-state index in [-0.39, 0.29) is 50.3 Å². The smallest absolute Gasteiger partial charge is 0.214 e. The Morgan fingerprint density at radius 3 is 1.00 bits per heavy atom. The first-order valence-corrected chi connectivity index (χ1v) is 5.89. The van der Waals surface area contributed by atoms with Crippen LogP contribution in [0.3, 0.4) is 0 Å². The molecule has 0 saturated heterocycles. The van der Waals surface area contributed by atoms with E-state index >= 15 is 0 Å². The zero-order valence-electron chi connectivity index (χ0n) is 2.74. The Labute approximate surface area is 90.6 Å². The van der Waals surface area contributed by atoms with Crippen molar-refractivity contribution in [3.05, 3.63) is 0 Å². The average molecular weight is 306 g/mol. The average Bonchev–Trinajstić information content (AvgIpc) is 0.811. The Kier molecular flexibility index (Phi) is 51.4. The number of hydrogen-bond donors (Lipinski definition) is 0. The summed E-state index contributed by atoms with van der Waals surface area (Å²) in [7, 11) is 14.8. The van der Waals surface area contributed by atoms with E-state index in [1.165, 1.54) is 0 Å². The van der Waals surface area contributed by atoms with Gasteiger partial charge in [-0.25, -0.2) is 30.1 Å². The molecule has 0 amide bonds. The molecule has 0 fully saturated rings. The predicted octanol–water partition coefficient (Wildman–Crippen LogP) is 1.68. The van der Waals surface area contributed by atoms with Gasteiger partial charge in [0, 0.05) is 50.3 Å². The molecule has 7 heteroatoms. The molecule has 0 heterocycles. The van der Waals surface area contributed by atoms with Gasteiger partial charge in [0.25, 0.3) is 0 Å². The molecule has 2 radical (unpaired) electrons. The summed E-state index contributed by atoms with van der Waals surface area (Å²) in [5.41, 5.74) is 0. The molecule has 50 valence electrons. The molecular formula is AlCl3CoMnNi. The summed E-state index contributed by atoms with van der Waals surface area (Å²) in [6.07, 6.45) is 0. The van der Waals surface area contributed by atoms with Gasteiger partial charge in [-0.2, -0.15) is 0 Å². The molecule has 0 aliphatic rings. The monoisotopic (exact) mass is 304 g/mol. The van der Waals surface area contributed by atoms with E-state index < -0.39 is 11.4 Å². The molecule has 0 unspecified atom stereocenters. The van der Waals surface area contributed by atoms with Crippen molar-refractivity contribution in [1.82, 2.24) is 0 Å². The fraction of sp³-hybridized carbons (Fsp3) is 0. The fourth-order valence-electron chi connectivity index (χ4n) is 0. The van der Waals surface area contributed by atoms with Crippen LogP contribution in [0.2, 0.25) is 0 Å². The second-order valence-electron chi connectivity index (χ2n) is 0.247. The largest absolute Gasteiger partial charge is 0.643 e. The van der Waals surface area contributed by atoms with E-state index in [9.17, 15) is 0 Å². The van der Waals surface area contributed by atoms with Gasteiger partial charge in [0.1, 0.15) is 0 Å². The zero-order valence-corrected chi connectivity index (χ0v) is 9.37. The van der Waals surface area contributed by atoms with E-state index in [0.717, 1.165) is 0 Å². The first kappa shape index (κ1) is 22.5. The minimum Gasteiger partial charge on any atom is -0.214 e. The van der Waals surface area contributed by atoms with Gasteiger partial charge in [-0.05, 0) is 0 Å². The van der Waals surface area contributed by atoms with Gasteiger partial charge in [0.15, 0.2) is 0 Å². The molecule has 0 aromatic heterocycles. The predicted molar refractivity (Wildman–Crippen MR) is 23.3 cm³/mol. The minimum absolute atomic E-state index is 0. The molecule has 0 aromatic rings. The Bertz CT molecular complexity index is 19.7. The first-order valence-electron chi connectivity index (χ1n) is 0.655. The molecule has 0 bridgehead atoms. The standard InChI is InChI=1S/Al.3ClH.Co.Mn.Ni/h;3*1H;;;/q+3;;;;;;/p-3. The maximum absolute atomic E-state index is 4.94. The van der Waals surface area contributed by atoms with Gasteiger partial charge >= 0.3 is 11.4 Å². The molecule has 0 nitrogen and oxygen atoms in total. The molecule has 7 heavy (non-hydrogen) atoms. The van der Waals surface area contributed by atoms with Gasteiger partial charge in [0.05, 0.1) is 0 Å². The van der Waals surface area contributed by atoms with Crippen LogP contribution in [0.5, 0.6) is 0 Å². The summed E-state index contributed by atoms with van der Waals surface area (Å²) in [4.78, 5) is 0. The van der Waals surface area contributed by atoms with Crippen molar-refractivity contribution >= 4 is 41.5 Å². The molecule has 0 aliphatic heterocycles. The van der Waals surface area contributed by atoms with Crippen molar-refractivity contribution in [3.8, 4) is 0 Å². The van der Waals surface area contributed by atoms with Crippen LogP contribution in [-0.4, -0.2) is 11.4 Å². The third-order valence-electron chi connectivity index (χ3n) is 0. The van der Waals surface area contributed by atoms with Crippen LogP contribution in [-0.2, 0) is 50.3 Å². The maximum Gasteiger partial charge on any atom is 0.643 e. The molecule has 0 spiro atoms. The van der Waals surface area contributed by atoms with Gasteiger partial charge in [0.2, 0.25) is 0 Å². The van der Waals surface area contributed by atoms with E-state index in [4.69, 9.17) is 30.1 Å². The third-order valence-corrected chi connectivity index (χ3v) is 0. The van der Waals surface area contributed by atoms with Crippen LogP contribution >= 0.6 is 30.1 Å². The van der Waals surface area contributed by atoms with E-state index in [1.807, 2.05) is 0 Å². The molecule has 0 rings (SSSR count). The molecule has 0 N–H and O–H groups in total. The van der Waals surface area contributed by atoms with Gasteiger partial charge < -0.3 is 0 Å². The van der Waals surface area contributed by atoms with E-state index in [0.29, 0.717) is 0 Å². The van der Waals surface area contributed by atoms with Crippen molar-refractivity contribution in [2.75, 3.05) is 0 Å². The first-order chi connectivity index (χ1) is 1.73. The molecule has 0 atom stereocenters. The normalized spacial score (nSPS) is 3.86. The minimum atomic E-state index is -1.72. The summed E-state index contributed by atoms with van der Waals surface area (Å²) in [5, 5.41) is 0. The van der Waals surface area contributed by atoms with Crippen LogP contribution in [0.4, 0.5) is 0 Å². The third kappa shape index (κ3) is 50.1. The molecule has 0 aromatic carbocycles. The van der Waals surface area contributed by atoms with Gasteiger partial charge in [-0.1, -0.05) is 0 Å². The van der Waals surface area contributed by atoms with Crippen molar-refractivity contribution in [1.29, 1.82) is 0 Å². The Morgan fingerprint density at radius 2 is 1.00 bits per heavy atom. The van der Waals surface area contributed by atoms with Crippen molar-refractivity contribution in [2.45, 2.75) is 0 Å². The van der Waals surface area contributed by atoms with Crippen LogP contribution in [0, 0.1) is 0 Å². The quantitative estimate of drug-likeness (QED) is 0.597. The molecule has 0 aliphatic carbocycles. The van der Waals surface area contributed by atoms with Crippen LogP contribution in [0.1, 0.15) is 0 Å². The van der Waals surface area contributed by atoms with E-state index in [1.54, 1.807) is 0 Å². The second kappa shape index (κ2) is 16.0. The molecule has 0 saturated carbocycles.